The number of ether oxygens (including phenoxy) is 5. The van der Waals surface area contributed by atoms with Crippen LogP contribution in [-0.2, 0) is 23.8 Å². The number of carbonyl (C=O) groups excluding carboxylic acids is 2. The molecule has 1 atom stereocenters. The van der Waals surface area contributed by atoms with Crippen molar-refractivity contribution in [3.05, 3.63) is 110 Å². The van der Waals surface area contributed by atoms with Gasteiger partial charge in [-0.2, -0.15) is 0 Å². The van der Waals surface area contributed by atoms with Crippen LogP contribution in [-0.4, -0.2) is 55.4 Å². The van der Waals surface area contributed by atoms with Crippen molar-refractivity contribution in [2.75, 3.05) is 33.1 Å². The molecule has 2 heterocycles. The molecule has 9 nitrogen and oxygen atoms in total. The van der Waals surface area contributed by atoms with Gasteiger partial charge in [0.15, 0.2) is 17.6 Å². The number of rotatable bonds is 12. The van der Waals surface area contributed by atoms with Crippen molar-refractivity contribution >= 4 is 52.3 Å². The van der Waals surface area contributed by atoms with Crippen molar-refractivity contribution in [1.82, 2.24) is 4.90 Å². The highest BCUT2D eigenvalue weighted by atomic mass is 35.5. The minimum absolute atomic E-state index is 0.00896. The first-order valence-electron chi connectivity index (χ1n) is 14.8. The maximum absolute atomic E-state index is 14.1. The number of amides is 1. The predicted molar refractivity (Wildman–Crippen MR) is 174 cm³/mol. The summed E-state index contributed by atoms with van der Waals surface area (Å²) in [6.07, 6.45) is 2.20. The SMILES string of the molecule is NC(=O)C1(N2CCC(c3ccc(OCCOc4c(Cl)cc(F)cc4Cl)cc3)=C(C(=O)OC(C3=COCO3)c3ccccc3Cl)C2)CC1. The van der Waals surface area contributed by atoms with Crippen LogP contribution in [0.25, 0.3) is 5.57 Å². The van der Waals surface area contributed by atoms with Gasteiger partial charge < -0.3 is 29.4 Å². The van der Waals surface area contributed by atoms with E-state index >= 15 is 0 Å². The monoisotopic (exact) mass is 702 g/mol. The van der Waals surface area contributed by atoms with Gasteiger partial charge in [0.2, 0.25) is 12.7 Å². The maximum atomic E-state index is 14.1. The molecule has 246 valence electrons. The van der Waals surface area contributed by atoms with Gasteiger partial charge in [-0.05, 0) is 60.7 Å². The zero-order chi connectivity index (χ0) is 33.1. The van der Waals surface area contributed by atoms with E-state index in [4.69, 9.17) is 64.2 Å². The zero-order valence-corrected chi connectivity index (χ0v) is 27.2. The first-order chi connectivity index (χ1) is 22.7. The summed E-state index contributed by atoms with van der Waals surface area (Å²) in [6.45, 7) is 0.981. The molecule has 13 heteroatoms. The number of benzene rings is 3. The van der Waals surface area contributed by atoms with E-state index in [1.807, 2.05) is 17.0 Å². The third kappa shape index (κ3) is 7.16. The number of primary amides is 1. The van der Waals surface area contributed by atoms with Crippen molar-refractivity contribution in [1.29, 1.82) is 0 Å². The number of nitrogens with two attached hydrogens (primary N) is 1. The number of nitrogens with zero attached hydrogens (tertiary/aromatic N) is 1. The van der Waals surface area contributed by atoms with Crippen molar-refractivity contribution in [2.45, 2.75) is 30.9 Å². The number of hydrogen-bond donors (Lipinski definition) is 1. The van der Waals surface area contributed by atoms with Gasteiger partial charge in [0, 0.05) is 23.7 Å². The number of hydrogen-bond acceptors (Lipinski definition) is 8. The molecule has 3 aromatic rings. The fourth-order valence-corrected chi connectivity index (χ4v) is 6.53. The third-order valence-electron chi connectivity index (χ3n) is 8.31. The first kappa shape index (κ1) is 33.0. The van der Waals surface area contributed by atoms with Crippen molar-refractivity contribution in [3.63, 3.8) is 0 Å². The van der Waals surface area contributed by atoms with Gasteiger partial charge in [0.25, 0.3) is 0 Å². The molecule has 3 aliphatic rings. The molecule has 1 amide bonds. The molecular weight excluding hydrogens is 674 g/mol. The van der Waals surface area contributed by atoms with E-state index in [1.165, 1.54) is 6.26 Å². The lowest BCUT2D eigenvalue weighted by atomic mass is 9.92. The van der Waals surface area contributed by atoms with Crippen LogP contribution >= 0.6 is 34.8 Å². The molecule has 6 rings (SSSR count). The van der Waals surface area contributed by atoms with Crippen LogP contribution in [0.2, 0.25) is 15.1 Å². The van der Waals surface area contributed by atoms with Crippen molar-refractivity contribution in [2.24, 2.45) is 5.73 Å². The summed E-state index contributed by atoms with van der Waals surface area (Å²) < 4.78 is 41.8. The topological polar surface area (TPSA) is 110 Å². The molecule has 2 aliphatic heterocycles. The van der Waals surface area contributed by atoms with Gasteiger partial charge in [0.1, 0.15) is 36.6 Å². The highest BCUT2D eigenvalue weighted by Gasteiger charge is 2.54. The summed E-state index contributed by atoms with van der Waals surface area (Å²) in [5.74, 6) is -0.496. The molecule has 47 heavy (non-hydrogen) atoms. The van der Waals surface area contributed by atoms with Gasteiger partial charge in [-0.3, -0.25) is 9.69 Å². The average Bonchev–Trinajstić information content (AvgIpc) is 3.70. The van der Waals surface area contributed by atoms with Gasteiger partial charge >= 0.3 is 5.97 Å². The van der Waals surface area contributed by atoms with E-state index < -0.39 is 29.3 Å². The maximum Gasteiger partial charge on any atom is 0.336 e. The molecule has 0 aromatic heterocycles. The Hall–Kier alpha value is -3.96. The summed E-state index contributed by atoms with van der Waals surface area (Å²) in [5, 5.41) is 0.530. The summed E-state index contributed by atoms with van der Waals surface area (Å²) in [5.41, 5.74) is 7.53. The Balaban J connectivity index is 1.21. The summed E-state index contributed by atoms with van der Waals surface area (Å²) in [4.78, 5) is 28.4. The van der Waals surface area contributed by atoms with E-state index in [9.17, 15) is 14.0 Å². The summed E-state index contributed by atoms with van der Waals surface area (Å²) >= 11 is 18.6. The normalized spacial score (nSPS) is 17.7. The molecular formula is C34H30Cl3FN2O7. The minimum atomic E-state index is -0.952. The van der Waals surface area contributed by atoms with Crippen LogP contribution in [0.15, 0.2) is 78.3 Å². The second-order valence-corrected chi connectivity index (χ2v) is 12.4. The quantitative estimate of drug-likeness (QED) is 0.161. The van der Waals surface area contributed by atoms with Gasteiger partial charge in [0.05, 0.1) is 15.6 Å². The largest absolute Gasteiger partial charge is 0.490 e. The van der Waals surface area contributed by atoms with Gasteiger partial charge in [-0.25, -0.2) is 9.18 Å². The molecule has 1 saturated carbocycles. The Bertz CT molecular complexity index is 1720. The smallest absolute Gasteiger partial charge is 0.336 e. The zero-order valence-electron chi connectivity index (χ0n) is 25.0. The fourth-order valence-electron chi connectivity index (χ4n) is 5.72. The Morgan fingerprint density at radius 2 is 1.68 bits per heavy atom. The van der Waals surface area contributed by atoms with E-state index in [-0.39, 0.29) is 42.3 Å². The van der Waals surface area contributed by atoms with E-state index in [1.54, 1.807) is 36.4 Å². The molecule has 0 spiro atoms. The molecule has 3 aromatic carbocycles. The summed E-state index contributed by atoms with van der Waals surface area (Å²) in [6, 6.07) is 16.5. The van der Waals surface area contributed by atoms with Crippen molar-refractivity contribution in [3.8, 4) is 11.5 Å². The highest BCUT2D eigenvalue weighted by molar-refractivity contribution is 6.37. The Kier molecular flexibility index (Phi) is 9.84. The minimum Gasteiger partial charge on any atom is -0.490 e. The van der Waals surface area contributed by atoms with E-state index in [0.29, 0.717) is 53.5 Å². The Morgan fingerprint density at radius 3 is 2.32 bits per heavy atom. The van der Waals surface area contributed by atoms with Crippen LogP contribution in [0.4, 0.5) is 4.39 Å². The molecule has 1 aliphatic carbocycles. The second-order valence-electron chi connectivity index (χ2n) is 11.2. The van der Waals surface area contributed by atoms with Crippen molar-refractivity contribution < 1.29 is 37.7 Å². The van der Waals surface area contributed by atoms with Gasteiger partial charge in [-0.1, -0.05) is 65.1 Å². The third-order valence-corrected chi connectivity index (χ3v) is 9.21. The molecule has 2 N–H and O–H groups in total. The van der Waals surface area contributed by atoms with Crippen LogP contribution < -0.4 is 15.2 Å². The Labute approximate surface area is 285 Å². The lowest BCUT2D eigenvalue weighted by Gasteiger charge is -2.35. The molecule has 1 unspecified atom stereocenters. The Morgan fingerprint density at radius 1 is 0.979 bits per heavy atom. The second kappa shape index (κ2) is 14.0. The number of halogens is 4. The molecule has 0 saturated heterocycles. The van der Waals surface area contributed by atoms with Crippen LogP contribution in [0.3, 0.4) is 0 Å². The molecule has 0 radical (unpaired) electrons. The lowest BCUT2D eigenvalue weighted by Crippen LogP contribution is -2.50. The average molecular weight is 704 g/mol. The standard InChI is InChI=1S/C34H30Cl3FN2O7/c35-26-4-2-1-3-24(26)30(29-18-43-19-46-29)47-32(41)25-17-40(34(10-11-34)33(39)42)12-9-23(25)20-5-7-22(8-6-20)44-13-14-45-31-27(36)15-21(38)16-28(31)37/h1-8,15-16,18,30H,9-14,17,19H2,(H2,39,42). The molecule has 1 fully saturated rings. The fraction of sp³-hybridized carbons (Fsp3) is 0.294. The van der Waals surface area contributed by atoms with Crippen LogP contribution in [0.1, 0.15) is 36.5 Å². The van der Waals surface area contributed by atoms with Crippen LogP contribution in [0.5, 0.6) is 11.5 Å². The highest BCUT2D eigenvalue weighted by Crippen LogP contribution is 2.45. The molecule has 0 bridgehead atoms. The number of esters is 1. The van der Waals surface area contributed by atoms with E-state index in [2.05, 4.69) is 0 Å². The predicted octanol–water partition coefficient (Wildman–Crippen LogP) is 6.85. The van der Waals surface area contributed by atoms with E-state index in [0.717, 1.165) is 23.3 Å². The lowest BCUT2D eigenvalue weighted by molar-refractivity contribution is -0.145. The number of carbonyl (C=O) groups is 2. The van der Waals surface area contributed by atoms with Crippen LogP contribution in [0, 0.1) is 5.82 Å². The van der Waals surface area contributed by atoms with Gasteiger partial charge in [-0.15, -0.1) is 0 Å². The summed E-state index contributed by atoms with van der Waals surface area (Å²) in [7, 11) is 0. The first-order valence-corrected chi connectivity index (χ1v) is 16.0.